The van der Waals surface area contributed by atoms with Crippen molar-refractivity contribution in [3.05, 3.63) is 47.0 Å². The number of aryl methyl sites for hydroxylation is 1. The molecule has 0 bridgehead atoms. The maximum Gasteiger partial charge on any atom is 0.410 e. The van der Waals surface area contributed by atoms with Gasteiger partial charge in [0.25, 0.3) is 0 Å². The summed E-state index contributed by atoms with van der Waals surface area (Å²) in [6.07, 6.45) is 3.61. The Morgan fingerprint density at radius 2 is 2.03 bits per heavy atom. The van der Waals surface area contributed by atoms with Crippen LogP contribution in [0, 0.1) is 5.82 Å². The number of amides is 2. The summed E-state index contributed by atoms with van der Waals surface area (Å²) >= 11 is 6.68. The minimum atomic E-state index is -0.644. The number of ether oxygens (including phenoxy) is 1. The third-order valence-electron chi connectivity index (χ3n) is 5.52. The van der Waals surface area contributed by atoms with Crippen molar-refractivity contribution in [1.82, 2.24) is 14.9 Å². The largest absolute Gasteiger partial charge is 0.444 e. The van der Waals surface area contributed by atoms with Gasteiger partial charge in [0, 0.05) is 47.7 Å². The molecule has 0 aliphatic carbocycles. The molecule has 7 nitrogen and oxygen atoms in total. The Morgan fingerprint density at radius 3 is 2.70 bits per heavy atom. The third kappa shape index (κ3) is 4.53. The van der Waals surface area contributed by atoms with E-state index in [0.29, 0.717) is 28.5 Å². The first-order chi connectivity index (χ1) is 15.6. The number of hydrogen-bond acceptors (Lipinski definition) is 4. The number of fused-ring (bicyclic) bond motifs is 1. The number of carbonyl (C=O) groups is 2. The van der Waals surface area contributed by atoms with Crippen molar-refractivity contribution in [2.45, 2.75) is 39.7 Å². The number of carbonyl (C=O) groups excluding carboxylic acids is 2. The predicted octanol–water partition coefficient (Wildman–Crippen LogP) is 5.17. The van der Waals surface area contributed by atoms with Crippen molar-refractivity contribution in [2.75, 3.05) is 24.5 Å². The summed E-state index contributed by atoms with van der Waals surface area (Å²) in [5, 5.41) is 1.18. The Labute approximate surface area is 196 Å². The van der Waals surface area contributed by atoms with Gasteiger partial charge in [-0.15, -0.1) is 0 Å². The first-order valence-electron chi connectivity index (χ1n) is 10.8. The molecule has 0 spiro atoms. The number of benzene rings is 1. The van der Waals surface area contributed by atoms with Crippen LogP contribution in [0.2, 0.25) is 5.02 Å². The molecule has 2 aromatic heterocycles. The van der Waals surface area contributed by atoms with E-state index in [1.54, 1.807) is 32.9 Å². The van der Waals surface area contributed by atoms with E-state index in [0.717, 1.165) is 17.4 Å². The van der Waals surface area contributed by atoms with Crippen molar-refractivity contribution in [3.8, 4) is 11.1 Å². The van der Waals surface area contributed by atoms with Gasteiger partial charge in [0.1, 0.15) is 23.6 Å². The molecular formula is C24H26ClFN4O3. The van der Waals surface area contributed by atoms with Gasteiger partial charge in [0.2, 0.25) is 5.91 Å². The average Bonchev–Trinajstić information content (AvgIpc) is 3.18. The van der Waals surface area contributed by atoms with Crippen LogP contribution >= 0.6 is 11.6 Å². The van der Waals surface area contributed by atoms with E-state index in [4.69, 9.17) is 16.3 Å². The summed E-state index contributed by atoms with van der Waals surface area (Å²) in [6.45, 7) is 7.80. The fourth-order valence-corrected chi connectivity index (χ4v) is 4.26. The van der Waals surface area contributed by atoms with E-state index in [9.17, 15) is 14.0 Å². The summed E-state index contributed by atoms with van der Waals surface area (Å²) in [7, 11) is 0. The number of anilines is 1. The zero-order chi connectivity index (χ0) is 23.9. The lowest BCUT2D eigenvalue weighted by Gasteiger charge is -2.35. The average molecular weight is 473 g/mol. The maximum atomic E-state index is 14.9. The van der Waals surface area contributed by atoms with Gasteiger partial charge in [-0.1, -0.05) is 18.5 Å². The summed E-state index contributed by atoms with van der Waals surface area (Å²) in [5.74, 6) is -0.738. The van der Waals surface area contributed by atoms with Gasteiger partial charge < -0.3 is 14.6 Å². The molecule has 1 aliphatic heterocycles. The van der Waals surface area contributed by atoms with Crippen molar-refractivity contribution in [3.63, 3.8) is 0 Å². The Bertz CT molecular complexity index is 1230. The van der Waals surface area contributed by atoms with Gasteiger partial charge in [0.15, 0.2) is 0 Å². The molecule has 1 saturated heterocycles. The number of hydrogen-bond donors (Lipinski definition) is 1. The van der Waals surface area contributed by atoms with Gasteiger partial charge in [-0.2, -0.15) is 0 Å². The molecule has 1 fully saturated rings. The molecule has 0 saturated carbocycles. The van der Waals surface area contributed by atoms with Gasteiger partial charge in [-0.05, 0) is 51.0 Å². The van der Waals surface area contributed by atoms with Crippen LogP contribution in [0.25, 0.3) is 22.2 Å². The quantitative estimate of drug-likeness (QED) is 0.570. The van der Waals surface area contributed by atoms with Crippen LogP contribution in [-0.4, -0.2) is 52.1 Å². The van der Waals surface area contributed by atoms with Crippen LogP contribution in [0.1, 0.15) is 33.3 Å². The number of nitrogens with zero attached hydrogens (tertiary/aromatic N) is 3. The van der Waals surface area contributed by atoms with Crippen molar-refractivity contribution >= 4 is 40.3 Å². The minimum absolute atomic E-state index is 0.112. The van der Waals surface area contributed by atoms with Gasteiger partial charge >= 0.3 is 6.09 Å². The van der Waals surface area contributed by atoms with Gasteiger partial charge in [0.05, 0.1) is 5.02 Å². The van der Waals surface area contributed by atoms with E-state index in [1.165, 1.54) is 22.1 Å². The van der Waals surface area contributed by atoms with E-state index >= 15 is 0 Å². The molecule has 0 atom stereocenters. The lowest BCUT2D eigenvalue weighted by atomic mass is 10.0. The van der Waals surface area contributed by atoms with Gasteiger partial charge in [-0.25, -0.2) is 14.2 Å². The van der Waals surface area contributed by atoms with Crippen molar-refractivity contribution < 1.29 is 18.7 Å². The third-order valence-corrected chi connectivity index (χ3v) is 5.92. The highest BCUT2D eigenvalue weighted by Gasteiger charge is 2.31. The second kappa shape index (κ2) is 8.67. The molecular weight excluding hydrogens is 447 g/mol. The van der Waals surface area contributed by atoms with E-state index < -0.39 is 17.5 Å². The van der Waals surface area contributed by atoms with Crippen LogP contribution in [0.3, 0.4) is 0 Å². The van der Waals surface area contributed by atoms with Crippen LogP contribution in [0.5, 0.6) is 0 Å². The Balaban J connectivity index is 1.63. The monoisotopic (exact) mass is 472 g/mol. The highest BCUT2D eigenvalue weighted by Crippen LogP contribution is 2.37. The molecule has 0 unspecified atom stereocenters. The lowest BCUT2D eigenvalue weighted by Crippen LogP contribution is -2.53. The smallest absolute Gasteiger partial charge is 0.410 e. The van der Waals surface area contributed by atoms with E-state index in [2.05, 4.69) is 9.97 Å². The molecule has 3 aromatic rings. The zero-order valence-electron chi connectivity index (χ0n) is 19.0. The zero-order valence-corrected chi connectivity index (χ0v) is 19.8. The van der Waals surface area contributed by atoms with Crippen LogP contribution in [-0.2, 0) is 16.0 Å². The number of pyridine rings is 1. The van der Waals surface area contributed by atoms with Crippen LogP contribution < -0.4 is 4.90 Å². The number of nitrogens with one attached hydrogen (secondary N) is 1. The van der Waals surface area contributed by atoms with E-state index in [-0.39, 0.29) is 24.6 Å². The second-order valence-corrected chi connectivity index (χ2v) is 9.37. The molecule has 174 valence electrons. The molecule has 1 aromatic carbocycles. The van der Waals surface area contributed by atoms with Crippen LogP contribution in [0.15, 0.2) is 30.6 Å². The Morgan fingerprint density at radius 1 is 1.27 bits per heavy atom. The lowest BCUT2D eigenvalue weighted by molar-refractivity contribution is -0.121. The van der Waals surface area contributed by atoms with Crippen molar-refractivity contribution in [2.24, 2.45) is 0 Å². The maximum absolute atomic E-state index is 14.9. The van der Waals surface area contributed by atoms with Crippen molar-refractivity contribution in [1.29, 1.82) is 0 Å². The molecule has 1 aliphatic rings. The van der Waals surface area contributed by atoms with E-state index in [1.807, 2.05) is 13.1 Å². The molecule has 3 heterocycles. The number of rotatable bonds is 3. The Kier molecular flexibility index (Phi) is 6.05. The summed E-state index contributed by atoms with van der Waals surface area (Å²) in [4.78, 5) is 35.6. The topological polar surface area (TPSA) is 78.5 Å². The standard InChI is InChI=1S/C24H26ClFN4O3/c1-5-14-11-27-22-20(14)21(25)17(12-28-22)16-10-15(6-7-18(16)26)30-9-8-29(13-19(30)31)23(32)33-24(2,3)4/h6-7,10-12H,5,8-9,13H2,1-4H3,(H,27,28). The molecule has 2 amide bonds. The number of halogens is 2. The number of H-pyrrole nitrogens is 1. The highest BCUT2D eigenvalue weighted by molar-refractivity contribution is 6.38. The SMILES string of the molecule is CCc1c[nH]c2ncc(-c3cc(N4CCN(C(=O)OC(C)(C)C)CC4=O)ccc3F)c(Cl)c12. The fraction of sp³-hybridized carbons (Fsp3) is 0.375. The summed E-state index contributed by atoms with van der Waals surface area (Å²) < 4.78 is 20.2. The highest BCUT2D eigenvalue weighted by atomic mass is 35.5. The number of aromatic amines is 1. The Hall–Kier alpha value is -3.13. The number of aromatic nitrogens is 2. The van der Waals surface area contributed by atoms with Gasteiger partial charge in [-0.3, -0.25) is 9.69 Å². The molecule has 4 rings (SSSR count). The molecule has 9 heteroatoms. The minimum Gasteiger partial charge on any atom is -0.444 e. The second-order valence-electron chi connectivity index (χ2n) is 8.99. The molecule has 1 N–H and O–H groups in total. The summed E-state index contributed by atoms with van der Waals surface area (Å²) in [6, 6.07) is 4.47. The van der Waals surface area contributed by atoms with Crippen LogP contribution in [0.4, 0.5) is 14.9 Å². The first-order valence-corrected chi connectivity index (χ1v) is 11.2. The number of piperazine rings is 1. The summed E-state index contributed by atoms with van der Waals surface area (Å²) in [5.41, 5.74) is 2.24. The normalized spacial score (nSPS) is 14.8. The fourth-order valence-electron chi connectivity index (χ4n) is 3.90. The predicted molar refractivity (Wildman–Crippen MR) is 126 cm³/mol. The molecule has 0 radical (unpaired) electrons. The first kappa shape index (κ1) is 23.0. The molecule has 33 heavy (non-hydrogen) atoms.